The lowest BCUT2D eigenvalue weighted by atomic mass is 10.2. The van der Waals surface area contributed by atoms with Gasteiger partial charge in [-0.3, -0.25) is 19.1 Å². The molecular formula is C23H22N4O4S2. The molecule has 1 aliphatic rings. The van der Waals surface area contributed by atoms with Crippen LogP contribution in [0.15, 0.2) is 57.3 Å². The summed E-state index contributed by atoms with van der Waals surface area (Å²) in [5.41, 5.74) is 2.36. The highest BCUT2D eigenvalue weighted by Crippen LogP contribution is 2.31. The van der Waals surface area contributed by atoms with Gasteiger partial charge >= 0.3 is 5.97 Å². The van der Waals surface area contributed by atoms with Gasteiger partial charge in [0.1, 0.15) is 11.4 Å². The minimum absolute atomic E-state index is 0.0385. The summed E-state index contributed by atoms with van der Waals surface area (Å²) in [6, 6.07) is 11.2. The first-order chi connectivity index (χ1) is 15.8. The van der Waals surface area contributed by atoms with Gasteiger partial charge in [0, 0.05) is 11.9 Å². The number of anilines is 1. The van der Waals surface area contributed by atoms with Gasteiger partial charge in [-0.2, -0.15) is 0 Å². The van der Waals surface area contributed by atoms with E-state index in [1.54, 1.807) is 24.7 Å². The van der Waals surface area contributed by atoms with Gasteiger partial charge in [-0.15, -0.1) is 11.3 Å². The molecule has 3 heterocycles. The quantitative estimate of drug-likeness (QED) is 0.410. The van der Waals surface area contributed by atoms with Gasteiger partial charge in [0.05, 0.1) is 24.2 Å². The van der Waals surface area contributed by atoms with Gasteiger partial charge in [-0.25, -0.2) is 14.6 Å². The molecule has 0 N–H and O–H groups in total. The van der Waals surface area contributed by atoms with Crippen LogP contribution in [-0.4, -0.2) is 39.3 Å². The molecule has 8 nitrogen and oxygen atoms in total. The molecular weight excluding hydrogens is 460 g/mol. The van der Waals surface area contributed by atoms with Crippen molar-refractivity contribution in [2.45, 2.75) is 13.8 Å². The van der Waals surface area contributed by atoms with Crippen LogP contribution in [0.5, 0.6) is 0 Å². The second kappa shape index (κ2) is 9.24. The fraction of sp³-hybridized carbons (Fsp3) is 0.217. The molecule has 0 fully saturated rings. The molecule has 170 valence electrons. The number of thiophene rings is 1. The number of aliphatic imine (C=N–C) groups is 1. The summed E-state index contributed by atoms with van der Waals surface area (Å²) >= 11 is 2.56. The van der Waals surface area contributed by atoms with E-state index in [0.29, 0.717) is 11.4 Å². The molecule has 0 unspecified atom stereocenters. The lowest BCUT2D eigenvalue weighted by Crippen LogP contribution is -2.35. The van der Waals surface area contributed by atoms with Gasteiger partial charge in [-0.05, 0) is 49.1 Å². The van der Waals surface area contributed by atoms with Crippen LogP contribution >= 0.6 is 23.1 Å². The summed E-state index contributed by atoms with van der Waals surface area (Å²) in [4.78, 5) is 45.5. The van der Waals surface area contributed by atoms with E-state index >= 15 is 0 Å². The predicted molar refractivity (Wildman–Crippen MR) is 132 cm³/mol. The Hall–Kier alpha value is -3.37. The smallest absolute Gasteiger partial charge is 0.316 e. The van der Waals surface area contributed by atoms with Crippen LogP contribution in [-0.2, 0) is 21.4 Å². The van der Waals surface area contributed by atoms with Crippen LogP contribution in [0, 0.1) is 13.8 Å². The summed E-state index contributed by atoms with van der Waals surface area (Å²) in [6.45, 7) is 3.73. The Balaban J connectivity index is 1.83. The molecule has 1 aromatic carbocycles. The minimum Gasteiger partial charge on any atom is -0.468 e. The van der Waals surface area contributed by atoms with Gasteiger partial charge in [-0.1, -0.05) is 30.0 Å². The van der Waals surface area contributed by atoms with E-state index in [1.807, 2.05) is 48.7 Å². The molecule has 0 saturated carbocycles. The molecule has 0 bridgehead atoms. The Morgan fingerprint density at radius 3 is 2.55 bits per heavy atom. The number of hydrogen-bond donors (Lipinski definition) is 0. The molecule has 0 spiro atoms. The maximum Gasteiger partial charge on any atom is 0.316 e. The molecule has 33 heavy (non-hydrogen) atoms. The van der Waals surface area contributed by atoms with Gasteiger partial charge < -0.3 is 4.74 Å². The van der Waals surface area contributed by atoms with Crippen molar-refractivity contribution in [3.63, 3.8) is 0 Å². The second-order valence-electron chi connectivity index (χ2n) is 7.31. The highest BCUT2D eigenvalue weighted by atomic mass is 32.2. The number of esters is 1. The number of thioether (sulfide) groups is 1. The number of carbonyl (C=O) groups excluding carboxylic acids is 2. The zero-order valence-corrected chi connectivity index (χ0v) is 20.2. The van der Waals surface area contributed by atoms with Gasteiger partial charge in [0.15, 0.2) is 5.17 Å². The van der Waals surface area contributed by atoms with E-state index < -0.39 is 11.9 Å². The largest absolute Gasteiger partial charge is 0.468 e. The van der Waals surface area contributed by atoms with Crippen molar-refractivity contribution in [2.24, 2.45) is 12.0 Å². The zero-order valence-electron chi connectivity index (χ0n) is 18.6. The van der Waals surface area contributed by atoms with Crippen LogP contribution in [0.25, 0.3) is 11.8 Å². The first-order valence-electron chi connectivity index (χ1n) is 10.1. The van der Waals surface area contributed by atoms with E-state index in [2.05, 4.69) is 4.99 Å². The van der Waals surface area contributed by atoms with Crippen LogP contribution in [0.1, 0.15) is 16.1 Å². The van der Waals surface area contributed by atoms with Crippen molar-refractivity contribution < 1.29 is 14.3 Å². The molecule has 0 radical (unpaired) electrons. The molecule has 1 aliphatic heterocycles. The van der Waals surface area contributed by atoms with Crippen molar-refractivity contribution in [2.75, 3.05) is 17.8 Å². The van der Waals surface area contributed by atoms with Crippen molar-refractivity contribution in [3.8, 4) is 5.69 Å². The molecule has 0 saturated heterocycles. The van der Waals surface area contributed by atoms with Gasteiger partial charge in [0.25, 0.3) is 11.5 Å². The van der Waals surface area contributed by atoms with Crippen LogP contribution in [0.2, 0.25) is 0 Å². The van der Waals surface area contributed by atoms with E-state index in [9.17, 15) is 14.4 Å². The zero-order chi connectivity index (χ0) is 23.7. The third-order valence-electron chi connectivity index (χ3n) is 5.29. The highest BCUT2D eigenvalue weighted by Gasteiger charge is 2.37. The topological polar surface area (TPSA) is 85.9 Å². The maximum atomic E-state index is 13.5. The number of hydrogen-bond acceptors (Lipinski definition) is 7. The number of nitrogens with zero attached hydrogens (tertiary/aromatic N) is 4. The lowest BCUT2D eigenvalue weighted by Gasteiger charge is -2.16. The van der Waals surface area contributed by atoms with E-state index in [4.69, 9.17) is 4.74 Å². The normalized spacial score (nSPS) is 14.8. The first kappa shape index (κ1) is 22.8. The van der Waals surface area contributed by atoms with E-state index in [-0.39, 0.29) is 27.9 Å². The number of para-hydroxylation sites is 1. The average Bonchev–Trinajstić information content (AvgIpc) is 3.42. The SMILES string of the molecule is COC(=O)CSC1=N/C(=C\c2sccc2C)C(=O)N1c1c(C)n(C)n(-c2ccccc2)c1=O. The maximum absolute atomic E-state index is 13.5. The standard InChI is InChI=1S/C23H22N4O4S2/c1-14-10-11-32-18(14)12-17-21(29)26(23(24-17)33-13-19(28)31-4)20-15(2)25(3)27(22(20)30)16-8-6-5-7-9-16/h5-12H,13H2,1-4H3/b17-12-. The molecule has 1 amide bonds. The Morgan fingerprint density at radius 2 is 1.91 bits per heavy atom. The number of amidine groups is 1. The average molecular weight is 483 g/mol. The van der Waals surface area contributed by atoms with Crippen LogP contribution in [0.4, 0.5) is 5.69 Å². The van der Waals surface area contributed by atoms with Crippen LogP contribution < -0.4 is 10.5 Å². The third-order valence-corrected chi connectivity index (χ3v) is 7.17. The Labute approximate surface area is 198 Å². The summed E-state index contributed by atoms with van der Waals surface area (Å²) in [5, 5.41) is 2.20. The molecule has 10 heteroatoms. The van der Waals surface area contributed by atoms with Crippen molar-refractivity contribution in [1.29, 1.82) is 0 Å². The molecule has 4 rings (SSSR count). The fourth-order valence-corrected chi connectivity index (χ4v) is 5.12. The summed E-state index contributed by atoms with van der Waals surface area (Å²) in [5.74, 6) is -0.905. The van der Waals surface area contributed by atoms with Crippen molar-refractivity contribution in [3.05, 3.63) is 74.0 Å². The Bertz CT molecular complexity index is 1350. The number of methoxy groups -OCH3 is 1. The summed E-state index contributed by atoms with van der Waals surface area (Å²) < 4.78 is 7.94. The summed E-state index contributed by atoms with van der Waals surface area (Å²) in [7, 11) is 3.06. The lowest BCUT2D eigenvalue weighted by molar-refractivity contribution is -0.137. The highest BCUT2D eigenvalue weighted by molar-refractivity contribution is 8.14. The molecule has 0 atom stereocenters. The van der Waals surface area contributed by atoms with E-state index in [1.165, 1.54) is 28.0 Å². The molecule has 0 aliphatic carbocycles. The van der Waals surface area contributed by atoms with Crippen molar-refractivity contribution in [1.82, 2.24) is 9.36 Å². The number of aromatic nitrogens is 2. The number of ether oxygens (including phenoxy) is 1. The minimum atomic E-state index is -0.451. The Morgan fingerprint density at radius 1 is 1.18 bits per heavy atom. The van der Waals surface area contributed by atoms with Crippen molar-refractivity contribution >= 4 is 51.9 Å². The number of benzene rings is 1. The fourth-order valence-electron chi connectivity index (χ4n) is 3.44. The van der Waals surface area contributed by atoms with E-state index in [0.717, 1.165) is 22.2 Å². The molecule has 2 aromatic heterocycles. The monoisotopic (exact) mass is 482 g/mol. The number of carbonyl (C=O) groups is 2. The molecule has 3 aromatic rings. The van der Waals surface area contributed by atoms with Gasteiger partial charge in [0.2, 0.25) is 0 Å². The predicted octanol–water partition coefficient (Wildman–Crippen LogP) is 3.50. The number of rotatable bonds is 5. The second-order valence-corrected chi connectivity index (χ2v) is 9.20. The number of aryl methyl sites for hydroxylation is 1. The number of amides is 1. The third kappa shape index (κ3) is 4.19. The summed E-state index contributed by atoms with van der Waals surface area (Å²) in [6.07, 6.45) is 1.72. The Kier molecular flexibility index (Phi) is 6.39. The first-order valence-corrected chi connectivity index (χ1v) is 11.9. The van der Waals surface area contributed by atoms with Crippen LogP contribution in [0.3, 0.4) is 0 Å².